The summed E-state index contributed by atoms with van der Waals surface area (Å²) in [7, 11) is 0. The Labute approximate surface area is 128 Å². The first kappa shape index (κ1) is 15.5. The molecule has 5 heteroatoms. The van der Waals surface area contributed by atoms with Gasteiger partial charge >= 0.3 is 0 Å². The number of benzene rings is 1. The Bertz CT molecular complexity index is 473. The van der Waals surface area contributed by atoms with Crippen molar-refractivity contribution >= 4 is 21.8 Å². The van der Waals surface area contributed by atoms with Crippen LogP contribution in [0, 0.1) is 0 Å². The largest absolute Gasteiger partial charge is 0.364 e. The molecule has 0 aromatic heterocycles. The van der Waals surface area contributed by atoms with Crippen molar-refractivity contribution in [1.29, 1.82) is 0 Å². The molecular formula is C15H21BrN2O2. The van der Waals surface area contributed by atoms with Crippen LogP contribution in [-0.2, 0) is 15.1 Å². The summed E-state index contributed by atoms with van der Waals surface area (Å²) in [6, 6.07) is 7.95. The van der Waals surface area contributed by atoms with Gasteiger partial charge in [0, 0.05) is 11.0 Å². The van der Waals surface area contributed by atoms with E-state index in [9.17, 15) is 4.79 Å². The molecule has 3 N–H and O–H groups in total. The fourth-order valence-corrected chi connectivity index (χ4v) is 2.66. The zero-order chi connectivity index (χ0) is 14.8. The van der Waals surface area contributed by atoms with Crippen LogP contribution in [-0.4, -0.2) is 24.7 Å². The van der Waals surface area contributed by atoms with Crippen LogP contribution in [0.25, 0.3) is 0 Å². The van der Waals surface area contributed by atoms with Gasteiger partial charge in [0.05, 0.1) is 11.6 Å². The lowest BCUT2D eigenvalue weighted by Crippen LogP contribution is -2.46. The molecule has 0 spiro atoms. The third-order valence-corrected chi connectivity index (χ3v) is 4.19. The predicted molar refractivity (Wildman–Crippen MR) is 82.3 cm³/mol. The molecule has 4 nitrogen and oxygen atoms in total. The smallest absolute Gasteiger partial charge is 0.249 e. The number of carbonyl (C=O) groups is 1. The molecule has 1 aromatic rings. The molecule has 0 saturated carbocycles. The average Bonchev–Trinajstić information content (AvgIpc) is 2.87. The van der Waals surface area contributed by atoms with E-state index in [2.05, 4.69) is 21.2 Å². The van der Waals surface area contributed by atoms with E-state index in [1.54, 1.807) is 0 Å². The Hall–Kier alpha value is -0.910. The fourth-order valence-electron chi connectivity index (χ4n) is 2.40. The highest BCUT2D eigenvalue weighted by atomic mass is 79.9. The Morgan fingerprint density at radius 1 is 1.40 bits per heavy atom. The fraction of sp³-hybridized carbons (Fsp3) is 0.533. The molecule has 1 aliphatic rings. The van der Waals surface area contributed by atoms with Gasteiger partial charge in [-0.25, -0.2) is 0 Å². The first-order valence-electron chi connectivity index (χ1n) is 6.86. The van der Waals surface area contributed by atoms with Crippen LogP contribution in [0.1, 0.15) is 32.3 Å². The number of nitrogens with one attached hydrogen (secondary N) is 1. The first-order chi connectivity index (χ1) is 9.42. The molecule has 110 valence electrons. The molecule has 1 amide bonds. The lowest BCUT2D eigenvalue weighted by molar-refractivity contribution is -0.133. The maximum atomic E-state index is 12.3. The highest BCUT2D eigenvalue weighted by molar-refractivity contribution is 9.10. The van der Waals surface area contributed by atoms with Gasteiger partial charge in [0.1, 0.15) is 6.10 Å². The minimum Gasteiger partial charge on any atom is -0.364 e. The molecular weight excluding hydrogens is 320 g/mol. The quantitative estimate of drug-likeness (QED) is 0.883. The third kappa shape index (κ3) is 3.59. The van der Waals surface area contributed by atoms with Crippen molar-refractivity contribution in [3.05, 3.63) is 34.3 Å². The lowest BCUT2D eigenvalue weighted by atomic mass is 9.94. The second-order valence-electron chi connectivity index (χ2n) is 5.68. The molecule has 1 heterocycles. The van der Waals surface area contributed by atoms with E-state index in [1.807, 2.05) is 38.1 Å². The highest BCUT2D eigenvalue weighted by Crippen LogP contribution is 2.24. The lowest BCUT2D eigenvalue weighted by Gasteiger charge is -2.28. The summed E-state index contributed by atoms with van der Waals surface area (Å²) in [6.45, 7) is 4.45. The summed E-state index contributed by atoms with van der Waals surface area (Å²) >= 11 is 3.41. The zero-order valence-corrected chi connectivity index (χ0v) is 13.4. The molecule has 0 aliphatic carbocycles. The van der Waals surface area contributed by atoms with Gasteiger partial charge in [-0.05, 0) is 44.4 Å². The molecule has 20 heavy (non-hydrogen) atoms. The van der Waals surface area contributed by atoms with E-state index < -0.39 is 5.54 Å². The van der Waals surface area contributed by atoms with Gasteiger partial charge in [0.15, 0.2) is 0 Å². The normalized spacial score (nSPS) is 22.8. The van der Waals surface area contributed by atoms with E-state index in [0.29, 0.717) is 6.54 Å². The molecule has 2 unspecified atom stereocenters. The van der Waals surface area contributed by atoms with Crippen molar-refractivity contribution in [2.45, 2.75) is 44.4 Å². The second kappa shape index (κ2) is 6.24. The molecule has 2 atom stereocenters. The van der Waals surface area contributed by atoms with Gasteiger partial charge in [0.25, 0.3) is 0 Å². The van der Waals surface area contributed by atoms with Crippen LogP contribution in [0.3, 0.4) is 0 Å². The second-order valence-corrected chi connectivity index (χ2v) is 6.60. The highest BCUT2D eigenvalue weighted by Gasteiger charge is 2.33. The molecule has 1 fully saturated rings. The summed E-state index contributed by atoms with van der Waals surface area (Å²) in [6.07, 6.45) is 1.23. The number of hydrogen-bond donors (Lipinski definition) is 2. The maximum Gasteiger partial charge on any atom is 0.249 e. The van der Waals surface area contributed by atoms with Crippen molar-refractivity contribution in [3.63, 3.8) is 0 Å². The van der Waals surface area contributed by atoms with Crippen molar-refractivity contribution in [2.24, 2.45) is 5.73 Å². The van der Waals surface area contributed by atoms with Gasteiger partial charge < -0.3 is 15.8 Å². The number of amides is 1. The van der Waals surface area contributed by atoms with Crippen LogP contribution in [0.15, 0.2) is 28.7 Å². The number of halogens is 1. The van der Waals surface area contributed by atoms with Gasteiger partial charge in [-0.15, -0.1) is 0 Å². The Morgan fingerprint density at radius 2 is 2.05 bits per heavy atom. The number of carbonyl (C=O) groups excluding carboxylic acids is 1. The van der Waals surface area contributed by atoms with Crippen molar-refractivity contribution in [2.75, 3.05) is 6.54 Å². The number of rotatable bonds is 4. The van der Waals surface area contributed by atoms with E-state index in [1.165, 1.54) is 0 Å². The summed E-state index contributed by atoms with van der Waals surface area (Å²) in [4.78, 5) is 12.3. The van der Waals surface area contributed by atoms with Crippen LogP contribution < -0.4 is 11.1 Å². The van der Waals surface area contributed by atoms with Gasteiger partial charge in [-0.3, -0.25) is 4.79 Å². The summed E-state index contributed by atoms with van der Waals surface area (Å²) in [5.41, 5.74) is 6.20. The monoisotopic (exact) mass is 340 g/mol. The SMILES string of the molecule is CC(C)(NC(=O)C1CCC(CN)O1)c1ccc(Br)cc1. The Balaban J connectivity index is 2.01. The van der Waals surface area contributed by atoms with Crippen molar-refractivity contribution in [3.8, 4) is 0 Å². The van der Waals surface area contributed by atoms with Gasteiger partial charge in [-0.1, -0.05) is 28.1 Å². The third-order valence-electron chi connectivity index (χ3n) is 3.66. The number of hydrogen-bond acceptors (Lipinski definition) is 3. The Morgan fingerprint density at radius 3 is 2.60 bits per heavy atom. The number of ether oxygens (including phenoxy) is 1. The van der Waals surface area contributed by atoms with E-state index in [-0.39, 0.29) is 18.1 Å². The minimum absolute atomic E-state index is 0.0153. The van der Waals surface area contributed by atoms with Crippen molar-refractivity contribution in [1.82, 2.24) is 5.32 Å². The van der Waals surface area contributed by atoms with E-state index in [0.717, 1.165) is 22.9 Å². The van der Waals surface area contributed by atoms with Crippen LogP contribution in [0.2, 0.25) is 0 Å². The summed E-state index contributed by atoms with van der Waals surface area (Å²) in [5, 5.41) is 3.06. The van der Waals surface area contributed by atoms with Gasteiger partial charge in [0.2, 0.25) is 5.91 Å². The predicted octanol–water partition coefficient (Wildman–Crippen LogP) is 2.31. The summed E-state index contributed by atoms with van der Waals surface area (Å²) < 4.78 is 6.65. The standard InChI is InChI=1S/C15H21BrN2O2/c1-15(2,10-3-5-11(16)6-4-10)18-14(19)13-8-7-12(9-17)20-13/h3-6,12-13H,7-9,17H2,1-2H3,(H,18,19). The number of nitrogens with two attached hydrogens (primary N) is 1. The zero-order valence-electron chi connectivity index (χ0n) is 11.9. The maximum absolute atomic E-state index is 12.3. The van der Waals surface area contributed by atoms with Crippen LogP contribution >= 0.6 is 15.9 Å². The topological polar surface area (TPSA) is 64.4 Å². The summed E-state index contributed by atoms with van der Waals surface area (Å²) in [5.74, 6) is -0.0612. The van der Waals surface area contributed by atoms with E-state index in [4.69, 9.17) is 10.5 Å². The minimum atomic E-state index is -0.429. The Kier molecular flexibility index (Phi) is 4.83. The van der Waals surface area contributed by atoms with Gasteiger partial charge in [-0.2, -0.15) is 0 Å². The average molecular weight is 341 g/mol. The molecule has 1 aromatic carbocycles. The van der Waals surface area contributed by atoms with E-state index >= 15 is 0 Å². The molecule has 2 rings (SSSR count). The first-order valence-corrected chi connectivity index (χ1v) is 7.65. The molecule has 1 saturated heterocycles. The molecule has 0 bridgehead atoms. The van der Waals surface area contributed by atoms with Crippen LogP contribution in [0.5, 0.6) is 0 Å². The molecule has 1 aliphatic heterocycles. The van der Waals surface area contributed by atoms with Crippen LogP contribution in [0.4, 0.5) is 0 Å². The van der Waals surface area contributed by atoms with Crippen molar-refractivity contribution < 1.29 is 9.53 Å². The molecule has 0 radical (unpaired) electrons.